The van der Waals surface area contributed by atoms with E-state index in [-0.39, 0.29) is 35.0 Å². The fourth-order valence-electron chi connectivity index (χ4n) is 3.87. The van der Waals surface area contributed by atoms with Gasteiger partial charge in [-0.1, -0.05) is 0 Å². The molecular weight excluding hydrogens is 308 g/mol. The van der Waals surface area contributed by atoms with Gasteiger partial charge in [-0.25, -0.2) is 9.97 Å². The van der Waals surface area contributed by atoms with Gasteiger partial charge in [0.2, 0.25) is 11.7 Å². The Labute approximate surface area is 140 Å². The largest absolute Gasteiger partial charge is 0.494 e. The molecule has 7 nitrogen and oxygen atoms in total. The molecule has 1 aliphatic heterocycles. The average molecular weight is 330 g/mol. The van der Waals surface area contributed by atoms with E-state index in [1.54, 1.807) is 7.11 Å². The van der Waals surface area contributed by atoms with Crippen molar-refractivity contribution >= 4 is 11.8 Å². The van der Waals surface area contributed by atoms with Gasteiger partial charge in [0.25, 0.3) is 5.91 Å². The molecule has 1 N–H and O–H groups in total. The molecule has 0 aromatic carbocycles. The molecule has 2 amide bonds. The quantitative estimate of drug-likeness (QED) is 0.890. The second-order valence-electron chi connectivity index (χ2n) is 7.31. The molecule has 24 heavy (non-hydrogen) atoms. The molecule has 0 radical (unpaired) electrons. The average Bonchev–Trinajstić information content (AvgIpc) is 3.33. The lowest BCUT2D eigenvalue weighted by atomic mass is 9.65. The monoisotopic (exact) mass is 330 g/mol. The number of ether oxygens (including phenoxy) is 1. The molecule has 1 aromatic heterocycles. The van der Waals surface area contributed by atoms with Gasteiger partial charge >= 0.3 is 0 Å². The molecule has 3 aliphatic rings. The Kier molecular flexibility index (Phi) is 3.66. The van der Waals surface area contributed by atoms with E-state index in [9.17, 15) is 9.59 Å². The SMILES string of the molecule is COc1cnc(C(=O)N2CCC3(CC(NC(=O)C4CC4)C3)C2)nc1. The Morgan fingerprint density at radius 3 is 2.62 bits per heavy atom. The van der Waals surface area contributed by atoms with Crippen LogP contribution in [0.1, 0.15) is 42.7 Å². The fraction of sp³-hybridized carbons (Fsp3) is 0.647. The maximum atomic E-state index is 12.5. The molecule has 1 aromatic rings. The molecule has 0 unspecified atom stereocenters. The number of hydrogen-bond acceptors (Lipinski definition) is 5. The first kappa shape index (κ1) is 15.4. The van der Waals surface area contributed by atoms with Crippen LogP contribution >= 0.6 is 0 Å². The van der Waals surface area contributed by atoms with Gasteiger partial charge in [-0.15, -0.1) is 0 Å². The van der Waals surface area contributed by atoms with Crippen molar-refractivity contribution in [3.63, 3.8) is 0 Å². The summed E-state index contributed by atoms with van der Waals surface area (Å²) in [5.74, 6) is 1.10. The highest BCUT2D eigenvalue weighted by molar-refractivity contribution is 5.90. The van der Waals surface area contributed by atoms with E-state index in [0.717, 1.165) is 45.2 Å². The van der Waals surface area contributed by atoms with Crippen LogP contribution < -0.4 is 10.1 Å². The predicted molar refractivity (Wildman–Crippen MR) is 85.4 cm³/mol. The van der Waals surface area contributed by atoms with Crippen LogP contribution in [0.3, 0.4) is 0 Å². The van der Waals surface area contributed by atoms with Gasteiger partial charge < -0.3 is 15.0 Å². The molecule has 0 atom stereocenters. The molecule has 2 aliphatic carbocycles. The number of rotatable bonds is 4. The highest BCUT2D eigenvalue weighted by Crippen LogP contribution is 2.48. The molecule has 3 fully saturated rings. The topological polar surface area (TPSA) is 84.4 Å². The van der Waals surface area contributed by atoms with Crippen LogP contribution in [0, 0.1) is 11.3 Å². The van der Waals surface area contributed by atoms with Gasteiger partial charge in [0.1, 0.15) is 0 Å². The normalized spacial score (nSPS) is 28.5. The van der Waals surface area contributed by atoms with E-state index in [1.165, 1.54) is 12.4 Å². The molecule has 1 spiro atoms. The third-order valence-corrected chi connectivity index (χ3v) is 5.43. The summed E-state index contributed by atoms with van der Waals surface area (Å²) in [5, 5.41) is 3.14. The van der Waals surface area contributed by atoms with Crippen LogP contribution in [-0.2, 0) is 4.79 Å². The smallest absolute Gasteiger partial charge is 0.291 e. The van der Waals surface area contributed by atoms with Crippen molar-refractivity contribution in [1.29, 1.82) is 0 Å². The molecule has 2 heterocycles. The maximum absolute atomic E-state index is 12.5. The molecule has 0 bridgehead atoms. The van der Waals surface area contributed by atoms with Crippen LogP contribution in [0.4, 0.5) is 0 Å². The number of amides is 2. The molecule has 128 valence electrons. The molecule has 7 heteroatoms. The summed E-state index contributed by atoms with van der Waals surface area (Å²) in [6.45, 7) is 1.47. The zero-order valence-electron chi connectivity index (χ0n) is 13.8. The number of carbonyl (C=O) groups excluding carboxylic acids is 2. The van der Waals surface area contributed by atoms with Crippen LogP contribution in [0.25, 0.3) is 0 Å². The van der Waals surface area contributed by atoms with Gasteiger partial charge in [-0.3, -0.25) is 9.59 Å². The highest BCUT2D eigenvalue weighted by Gasteiger charge is 2.50. The minimum atomic E-state index is -0.125. The standard InChI is InChI=1S/C17H22N4O3/c1-24-13-8-18-14(19-9-13)16(23)21-5-4-17(10-21)6-12(7-17)20-15(22)11-2-3-11/h8-9,11-12H,2-7,10H2,1H3,(H,20,22). The second-order valence-corrected chi connectivity index (χ2v) is 7.31. The molecule has 2 saturated carbocycles. The lowest BCUT2D eigenvalue weighted by Crippen LogP contribution is -2.52. The first-order valence-corrected chi connectivity index (χ1v) is 8.54. The maximum Gasteiger partial charge on any atom is 0.291 e. The van der Waals surface area contributed by atoms with E-state index >= 15 is 0 Å². The Balaban J connectivity index is 1.31. The molecular formula is C17H22N4O3. The lowest BCUT2D eigenvalue weighted by molar-refractivity contribution is -0.124. The minimum Gasteiger partial charge on any atom is -0.494 e. The summed E-state index contributed by atoms with van der Waals surface area (Å²) in [5.41, 5.74) is 0.170. The van der Waals surface area contributed by atoms with Crippen molar-refractivity contribution in [2.45, 2.75) is 38.1 Å². The first-order chi connectivity index (χ1) is 11.6. The number of likely N-dealkylation sites (tertiary alicyclic amines) is 1. The van der Waals surface area contributed by atoms with Crippen molar-refractivity contribution in [2.75, 3.05) is 20.2 Å². The Bertz CT molecular complexity index is 650. The zero-order chi connectivity index (χ0) is 16.7. The van der Waals surface area contributed by atoms with E-state index < -0.39 is 0 Å². The van der Waals surface area contributed by atoms with Crippen LogP contribution in [0.15, 0.2) is 12.4 Å². The van der Waals surface area contributed by atoms with E-state index in [4.69, 9.17) is 4.74 Å². The van der Waals surface area contributed by atoms with Crippen molar-refractivity contribution in [3.05, 3.63) is 18.2 Å². The Hall–Kier alpha value is -2.18. The summed E-state index contributed by atoms with van der Waals surface area (Å²) < 4.78 is 5.01. The van der Waals surface area contributed by atoms with E-state index in [1.807, 2.05) is 4.90 Å². The van der Waals surface area contributed by atoms with Crippen molar-refractivity contribution in [2.24, 2.45) is 11.3 Å². The zero-order valence-corrected chi connectivity index (χ0v) is 13.8. The fourth-order valence-corrected chi connectivity index (χ4v) is 3.87. The highest BCUT2D eigenvalue weighted by atomic mass is 16.5. The van der Waals surface area contributed by atoms with Crippen LogP contribution in [-0.4, -0.2) is 52.9 Å². The summed E-state index contributed by atoms with van der Waals surface area (Å²) in [6.07, 6.45) is 8.03. The van der Waals surface area contributed by atoms with Gasteiger partial charge in [-0.2, -0.15) is 0 Å². The predicted octanol–water partition coefficient (Wildman–Crippen LogP) is 1.01. The molecule has 1 saturated heterocycles. The summed E-state index contributed by atoms with van der Waals surface area (Å²) in [7, 11) is 1.54. The van der Waals surface area contributed by atoms with E-state index in [2.05, 4.69) is 15.3 Å². The Morgan fingerprint density at radius 1 is 1.29 bits per heavy atom. The first-order valence-electron chi connectivity index (χ1n) is 8.54. The lowest BCUT2D eigenvalue weighted by Gasteiger charge is -2.45. The van der Waals surface area contributed by atoms with Gasteiger partial charge in [0.15, 0.2) is 5.75 Å². The third-order valence-electron chi connectivity index (χ3n) is 5.43. The number of hydrogen-bond donors (Lipinski definition) is 1. The summed E-state index contributed by atoms with van der Waals surface area (Å²) >= 11 is 0. The number of nitrogens with one attached hydrogen (secondary N) is 1. The molecule has 4 rings (SSSR count). The van der Waals surface area contributed by atoms with Crippen molar-refractivity contribution < 1.29 is 14.3 Å². The van der Waals surface area contributed by atoms with Crippen LogP contribution in [0.5, 0.6) is 5.75 Å². The van der Waals surface area contributed by atoms with Crippen molar-refractivity contribution in [3.8, 4) is 5.75 Å². The van der Waals surface area contributed by atoms with E-state index in [0.29, 0.717) is 5.75 Å². The van der Waals surface area contributed by atoms with Crippen LogP contribution in [0.2, 0.25) is 0 Å². The minimum absolute atomic E-state index is 0.125. The summed E-state index contributed by atoms with van der Waals surface area (Å²) in [6, 6.07) is 0.283. The number of carbonyl (C=O) groups is 2. The van der Waals surface area contributed by atoms with Gasteiger partial charge in [0.05, 0.1) is 19.5 Å². The number of nitrogens with zero attached hydrogens (tertiary/aromatic N) is 3. The number of aromatic nitrogens is 2. The van der Waals surface area contributed by atoms with Gasteiger partial charge in [0, 0.05) is 25.0 Å². The number of methoxy groups -OCH3 is 1. The van der Waals surface area contributed by atoms with Crippen molar-refractivity contribution in [1.82, 2.24) is 20.2 Å². The summed E-state index contributed by atoms with van der Waals surface area (Å²) in [4.78, 5) is 34.3. The third kappa shape index (κ3) is 2.83. The Morgan fingerprint density at radius 2 is 2.00 bits per heavy atom. The second kappa shape index (κ2) is 5.72. The van der Waals surface area contributed by atoms with Gasteiger partial charge in [-0.05, 0) is 37.5 Å².